The molecule has 0 aliphatic carbocycles. The van der Waals surface area contributed by atoms with Crippen molar-refractivity contribution in [2.24, 2.45) is 5.73 Å². The van der Waals surface area contributed by atoms with E-state index in [1.807, 2.05) is 6.07 Å². The fraction of sp³-hybridized carbons (Fsp3) is 0.429. The summed E-state index contributed by atoms with van der Waals surface area (Å²) >= 11 is 0. The zero-order valence-electron chi connectivity index (χ0n) is 11.2. The number of amides is 1. The van der Waals surface area contributed by atoms with Gasteiger partial charge in [-0.05, 0) is 5.56 Å². The lowest BCUT2D eigenvalue weighted by atomic mass is 10.1. The number of nitrogens with two attached hydrogens (primary N) is 1. The van der Waals surface area contributed by atoms with E-state index in [-0.39, 0.29) is 18.6 Å². The molecule has 20 heavy (non-hydrogen) atoms. The highest BCUT2D eigenvalue weighted by Crippen LogP contribution is 2.24. The molecule has 1 aliphatic heterocycles. The highest BCUT2D eigenvalue weighted by atomic mass is 16.5. The zero-order chi connectivity index (χ0) is 14.7. The van der Waals surface area contributed by atoms with Crippen molar-refractivity contribution >= 4 is 11.9 Å². The molecule has 1 aliphatic rings. The minimum atomic E-state index is -1.03. The van der Waals surface area contributed by atoms with Gasteiger partial charge in [-0.25, -0.2) is 4.79 Å². The Hall–Kier alpha value is -1.92. The first-order chi connectivity index (χ1) is 9.54. The SMILES string of the molecule is COC1CC(C(=O)O)N(C(=O)C(N)c2ccccc2)C1. The van der Waals surface area contributed by atoms with E-state index >= 15 is 0 Å². The van der Waals surface area contributed by atoms with Gasteiger partial charge in [0.05, 0.1) is 6.10 Å². The van der Waals surface area contributed by atoms with Gasteiger partial charge in [-0.3, -0.25) is 4.79 Å². The topological polar surface area (TPSA) is 92.9 Å². The summed E-state index contributed by atoms with van der Waals surface area (Å²) < 4.78 is 5.16. The molecular formula is C14H18N2O4. The molecule has 1 amide bonds. The highest BCUT2D eigenvalue weighted by molar-refractivity contribution is 5.88. The molecule has 3 atom stereocenters. The van der Waals surface area contributed by atoms with Crippen LogP contribution in [0.1, 0.15) is 18.0 Å². The number of hydrogen-bond donors (Lipinski definition) is 2. The summed E-state index contributed by atoms with van der Waals surface area (Å²) in [6.07, 6.45) is 0.0297. The maximum atomic E-state index is 12.4. The van der Waals surface area contributed by atoms with Gasteiger partial charge in [-0.1, -0.05) is 30.3 Å². The van der Waals surface area contributed by atoms with Gasteiger partial charge < -0.3 is 20.5 Å². The molecule has 1 saturated heterocycles. The Morgan fingerprint density at radius 1 is 1.40 bits per heavy atom. The molecule has 1 aromatic rings. The van der Waals surface area contributed by atoms with Gasteiger partial charge in [0.1, 0.15) is 12.1 Å². The van der Waals surface area contributed by atoms with Gasteiger partial charge >= 0.3 is 5.97 Å². The van der Waals surface area contributed by atoms with E-state index in [2.05, 4.69) is 0 Å². The number of carboxylic acids is 1. The highest BCUT2D eigenvalue weighted by Gasteiger charge is 2.41. The van der Waals surface area contributed by atoms with Crippen molar-refractivity contribution in [2.45, 2.75) is 24.6 Å². The second-order valence-electron chi connectivity index (χ2n) is 4.83. The van der Waals surface area contributed by atoms with Crippen molar-refractivity contribution in [3.63, 3.8) is 0 Å². The Bertz CT molecular complexity index is 491. The van der Waals surface area contributed by atoms with Gasteiger partial charge in [0, 0.05) is 20.1 Å². The molecule has 0 saturated carbocycles. The lowest BCUT2D eigenvalue weighted by molar-refractivity contribution is -0.148. The van der Waals surface area contributed by atoms with Crippen LogP contribution in [0.4, 0.5) is 0 Å². The molecular weight excluding hydrogens is 260 g/mol. The largest absolute Gasteiger partial charge is 0.480 e. The first-order valence-corrected chi connectivity index (χ1v) is 6.41. The van der Waals surface area contributed by atoms with Gasteiger partial charge in [-0.2, -0.15) is 0 Å². The number of hydrogen-bond acceptors (Lipinski definition) is 4. The van der Waals surface area contributed by atoms with Crippen LogP contribution >= 0.6 is 0 Å². The van der Waals surface area contributed by atoms with Crippen molar-refractivity contribution in [2.75, 3.05) is 13.7 Å². The van der Waals surface area contributed by atoms with E-state index in [9.17, 15) is 14.7 Å². The average molecular weight is 278 g/mol. The minimum Gasteiger partial charge on any atom is -0.480 e. The number of likely N-dealkylation sites (tertiary alicyclic amines) is 1. The molecule has 1 heterocycles. The number of aliphatic carboxylic acids is 1. The van der Waals surface area contributed by atoms with Crippen LogP contribution in [-0.4, -0.2) is 47.7 Å². The summed E-state index contributed by atoms with van der Waals surface area (Å²) in [6.45, 7) is 0.257. The van der Waals surface area contributed by atoms with E-state index < -0.39 is 18.1 Å². The van der Waals surface area contributed by atoms with Gasteiger partial charge in [-0.15, -0.1) is 0 Å². The Morgan fingerprint density at radius 3 is 2.60 bits per heavy atom. The molecule has 0 radical (unpaired) electrons. The van der Waals surface area contributed by atoms with E-state index in [0.29, 0.717) is 12.0 Å². The number of benzene rings is 1. The molecule has 1 aromatic carbocycles. The molecule has 6 nitrogen and oxygen atoms in total. The summed E-state index contributed by atoms with van der Waals surface area (Å²) in [7, 11) is 1.51. The lowest BCUT2D eigenvalue weighted by Crippen LogP contribution is -2.45. The molecule has 0 bridgehead atoms. The van der Waals surface area contributed by atoms with Crippen molar-refractivity contribution in [1.29, 1.82) is 0 Å². The number of carbonyl (C=O) groups excluding carboxylic acids is 1. The Morgan fingerprint density at radius 2 is 2.05 bits per heavy atom. The van der Waals surface area contributed by atoms with Crippen LogP contribution in [0, 0.1) is 0 Å². The molecule has 108 valence electrons. The first kappa shape index (κ1) is 14.5. The van der Waals surface area contributed by atoms with Crippen molar-refractivity contribution < 1.29 is 19.4 Å². The number of carboxylic acid groups (broad SMARTS) is 1. The first-order valence-electron chi connectivity index (χ1n) is 6.41. The Labute approximate surface area is 117 Å². The summed E-state index contributed by atoms with van der Waals surface area (Å²) in [6, 6.07) is 7.19. The predicted octanol–water partition coefficient (Wildman–Crippen LogP) is 0.387. The second-order valence-corrected chi connectivity index (χ2v) is 4.83. The number of nitrogens with zero attached hydrogens (tertiary/aromatic N) is 1. The fourth-order valence-electron chi connectivity index (χ4n) is 2.43. The summed E-state index contributed by atoms with van der Waals surface area (Å²) in [5.41, 5.74) is 6.61. The maximum Gasteiger partial charge on any atom is 0.326 e. The van der Waals surface area contributed by atoms with Crippen LogP contribution in [0.25, 0.3) is 0 Å². The Balaban J connectivity index is 2.17. The van der Waals surface area contributed by atoms with Crippen LogP contribution in [0.3, 0.4) is 0 Å². The molecule has 3 N–H and O–H groups in total. The van der Waals surface area contributed by atoms with E-state index in [1.165, 1.54) is 12.0 Å². The molecule has 2 rings (SSSR count). The predicted molar refractivity (Wildman–Crippen MR) is 71.9 cm³/mol. The van der Waals surface area contributed by atoms with Gasteiger partial charge in [0.15, 0.2) is 0 Å². The molecule has 0 aromatic heterocycles. The maximum absolute atomic E-state index is 12.4. The van der Waals surface area contributed by atoms with Crippen LogP contribution in [0.15, 0.2) is 30.3 Å². The number of rotatable bonds is 4. The van der Waals surface area contributed by atoms with Gasteiger partial charge in [0.25, 0.3) is 0 Å². The quantitative estimate of drug-likeness (QED) is 0.831. The van der Waals surface area contributed by atoms with Crippen molar-refractivity contribution in [3.05, 3.63) is 35.9 Å². The number of ether oxygens (including phenoxy) is 1. The van der Waals surface area contributed by atoms with Crippen molar-refractivity contribution in [1.82, 2.24) is 4.90 Å². The summed E-state index contributed by atoms with van der Waals surface area (Å²) in [5.74, 6) is -1.42. The third kappa shape index (κ3) is 2.81. The van der Waals surface area contributed by atoms with Crippen molar-refractivity contribution in [3.8, 4) is 0 Å². The minimum absolute atomic E-state index is 0.257. The van der Waals surface area contributed by atoms with Crippen LogP contribution in [0.2, 0.25) is 0 Å². The van der Waals surface area contributed by atoms with E-state index in [4.69, 9.17) is 10.5 Å². The van der Waals surface area contributed by atoms with E-state index in [0.717, 1.165) is 0 Å². The normalized spacial score (nSPS) is 23.6. The molecule has 6 heteroatoms. The summed E-state index contributed by atoms with van der Waals surface area (Å²) in [5, 5.41) is 9.21. The molecule has 0 spiro atoms. The summed E-state index contributed by atoms with van der Waals surface area (Å²) in [4.78, 5) is 25.0. The fourth-order valence-corrected chi connectivity index (χ4v) is 2.43. The second kappa shape index (κ2) is 6.02. The average Bonchev–Trinajstić information content (AvgIpc) is 2.91. The smallest absolute Gasteiger partial charge is 0.326 e. The van der Waals surface area contributed by atoms with Crippen LogP contribution in [0.5, 0.6) is 0 Å². The molecule has 3 unspecified atom stereocenters. The Kier molecular flexibility index (Phi) is 4.36. The van der Waals surface area contributed by atoms with E-state index in [1.54, 1.807) is 24.3 Å². The third-order valence-corrected chi connectivity index (χ3v) is 3.59. The lowest BCUT2D eigenvalue weighted by Gasteiger charge is -2.24. The number of methoxy groups -OCH3 is 1. The monoisotopic (exact) mass is 278 g/mol. The third-order valence-electron chi connectivity index (χ3n) is 3.59. The standard InChI is InChI=1S/C14H18N2O4/c1-20-10-7-11(14(18)19)16(8-10)13(17)12(15)9-5-3-2-4-6-9/h2-6,10-12H,7-8,15H2,1H3,(H,18,19). The number of carbonyl (C=O) groups is 2. The van der Waals surface area contributed by atoms with Crippen LogP contribution < -0.4 is 5.73 Å². The van der Waals surface area contributed by atoms with Gasteiger partial charge in [0.2, 0.25) is 5.91 Å². The zero-order valence-corrected chi connectivity index (χ0v) is 11.2. The van der Waals surface area contributed by atoms with Crippen LogP contribution in [-0.2, 0) is 14.3 Å². The molecule has 1 fully saturated rings.